The third-order valence-corrected chi connectivity index (χ3v) is 8.09. The van der Waals surface area contributed by atoms with Gasteiger partial charge < -0.3 is 10.2 Å². The number of hydrogen-bond acceptors (Lipinski definition) is 3. The molecule has 2 bridgehead atoms. The summed E-state index contributed by atoms with van der Waals surface area (Å²) in [6.07, 6.45) is 2.93. The first-order valence-electron chi connectivity index (χ1n) is 11.2. The number of piperidine rings is 1. The third kappa shape index (κ3) is 6.15. The molecular formula is C23H32F3N3O3S. The Morgan fingerprint density at radius 1 is 1.09 bits per heavy atom. The van der Waals surface area contributed by atoms with Crippen LogP contribution in [0.3, 0.4) is 0 Å². The second-order valence-electron chi connectivity index (χ2n) is 9.99. The average molecular weight is 488 g/mol. The van der Waals surface area contributed by atoms with Gasteiger partial charge in [0.15, 0.2) is 11.6 Å². The van der Waals surface area contributed by atoms with Gasteiger partial charge in [-0.2, -0.15) is 0 Å². The summed E-state index contributed by atoms with van der Waals surface area (Å²) in [5.74, 6) is -3.65. The molecule has 1 aromatic carbocycles. The number of carbonyl (C=O) groups is 2. The van der Waals surface area contributed by atoms with Crippen LogP contribution in [0.1, 0.15) is 58.9 Å². The van der Waals surface area contributed by atoms with Crippen molar-refractivity contribution in [3.63, 3.8) is 0 Å². The smallest absolute Gasteiger partial charge is 0.242 e. The van der Waals surface area contributed by atoms with Crippen molar-refractivity contribution >= 4 is 22.8 Å². The standard InChI is InChI=1S/C23H32F3N3O3S/c1-13(30)27-12-22(31)29-16-5-6-17(29)8-15(7-16)21(28-33(32)23(2,3)4)10-14-9-19(25)20(26)11-18(14)24/h9,11,15-17,21,28H,5-8,10,12H2,1-4H3,(H,27,30)/t15?,16-,17+,21-,33?/m1/s1. The summed E-state index contributed by atoms with van der Waals surface area (Å²) in [6.45, 7) is 6.76. The highest BCUT2D eigenvalue weighted by Crippen LogP contribution is 2.41. The normalized spacial score (nSPS) is 24.5. The lowest BCUT2D eigenvalue weighted by molar-refractivity contribution is -0.137. The van der Waals surface area contributed by atoms with Crippen molar-refractivity contribution in [2.45, 2.75) is 82.7 Å². The largest absolute Gasteiger partial charge is 0.347 e. The number of amides is 2. The zero-order chi connectivity index (χ0) is 24.5. The van der Waals surface area contributed by atoms with Crippen molar-refractivity contribution in [3.8, 4) is 0 Å². The number of nitrogens with one attached hydrogen (secondary N) is 2. The van der Waals surface area contributed by atoms with Gasteiger partial charge in [0.25, 0.3) is 0 Å². The Labute approximate surface area is 195 Å². The van der Waals surface area contributed by atoms with Gasteiger partial charge in [-0.05, 0) is 70.4 Å². The third-order valence-electron chi connectivity index (χ3n) is 6.46. The molecule has 2 amide bonds. The maximum absolute atomic E-state index is 14.4. The number of benzene rings is 1. The topological polar surface area (TPSA) is 78.5 Å². The minimum absolute atomic E-state index is 0.0221. The Balaban J connectivity index is 1.80. The van der Waals surface area contributed by atoms with E-state index in [0.29, 0.717) is 18.9 Å². The molecule has 6 nitrogen and oxygen atoms in total. The molecule has 2 N–H and O–H groups in total. The Morgan fingerprint density at radius 3 is 2.21 bits per heavy atom. The van der Waals surface area contributed by atoms with E-state index in [1.165, 1.54) is 6.92 Å². The van der Waals surface area contributed by atoms with E-state index < -0.39 is 39.2 Å². The molecule has 0 radical (unpaired) electrons. The second kappa shape index (κ2) is 10.1. The first kappa shape index (κ1) is 25.7. The summed E-state index contributed by atoms with van der Waals surface area (Å²) in [5.41, 5.74) is 0.0221. The van der Waals surface area contributed by atoms with Gasteiger partial charge in [-0.15, -0.1) is 0 Å². The van der Waals surface area contributed by atoms with E-state index in [2.05, 4.69) is 10.0 Å². The van der Waals surface area contributed by atoms with Crippen LogP contribution in [0.5, 0.6) is 0 Å². The summed E-state index contributed by atoms with van der Waals surface area (Å²) in [5, 5.41) is 2.55. The molecule has 3 rings (SSSR count). The zero-order valence-corrected chi connectivity index (χ0v) is 20.2. The number of carbonyl (C=O) groups excluding carboxylic acids is 2. The molecule has 2 fully saturated rings. The van der Waals surface area contributed by atoms with Gasteiger partial charge in [0.1, 0.15) is 5.82 Å². The van der Waals surface area contributed by atoms with Gasteiger partial charge in [0.2, 0.25) is 11.8 Å². The number of hydrogen-bond donors (Lipinski definition) is 2. The molecule has 0 saturated carbocycles. The van der Waals surface area contributed by atoms with Crippen LogP contribution in [0.4, 0.5) is 13.2 Å². The van der Waals surface area contributed by atoms with Crippen molar-refractivity contribution < 1.29 is 27.0 Å². The molecule has 10 heteroatoms. The first-order valence-corrected chi connectivity index (χ1v) is 12.4. The highest BCUT2D eigenvalue weighted by molar-refractivity contribution is 7.84. The SMILES string of the molecule is CC(=O)NCC(=O)N1[C@@H]2CC[C@H]1CC([C@@H](Cc1cc(F)c(F)cc1F)NS(=O)C(C)(C)C)C2. The van der Waals surface area contributed by atoms with Crippen LogP contribution in [0.2, 0.25) is 0 Å². The van der Waals surface area contributed by atoms with E-state index >= 15 is 0 Å². The minimum Gasteiger partial charge on any atom is -0.347 e. The summed E-state index contributed by atoms with van der Waals surface area (Å²) < 4.78 is 57.1. The average Bonchev–Trinajstić information content (AvgIpc) is 2.98. The molecule has 0 aromatic heterocycles. The Kier molecular flexibility index (Phi) is 7.88. The van der Waals surface area contributed by atoms with Gasteiger partial charge >= 0.3 is 0 Å². The van der Waals surface area contributed by atoms with Crippen LogP contribution in [-0.2, 0) is 27.0 Å². The van der Waals surface area contributed by atoms with Crippen LogP contribution in [-0.4, -0.2) is 50.3 Å². The van der Waals surface area contributed by atoms with E-state index in [-0.39, 0.29) is 48.3 Å². The predicted molar refractivity (Wildman–Crippen MR) is 120 cm³/mol. The lowest BCUT2D eigenvalue weighted by Crippen LogP contribution is -2.54. The lowest BCUT2D eigenvalue weighted by Gasteiger charge is -2.42. The molecule has 2 saturated heterocycles. The van der Waals surface area contributed by atoms with Gasteiger partial charge in [-0.3, -0.25) is 9.59 Å². The number of nitrogens with zero attached hydrogens (tertiary/aromatic N) is 1. The molecule has 2 aliphatic heterocycles. The van der Waals surface area contributed by atoms with Crippen LogP contribution in [0.25, 0.3) is 0 Å². The fourth-order valence-corrected chi connectivity index (χ4v) is 5.73. The number of fused-ring (bicyclic) bond motifs is 2. The predicted octanol–water partition coefficient (Wildman–Crippen LogP) is 2.97. The second-order valence-corrected chi connectivity index (χ2v) is 12.0. The van der Waals surface area contributed by atoms with E-state index in [9.17, 15) is 27.0 Å². The summed E-state index contributed by atoms with van der Waals surface area (Å²) in [7, 11) is -1.46. The molecule has 2 heterocycles. The van der Waals surface area contributed by atoms with Crippen LogP contribution in [0, 0.1) is 23.4 Å². The number of halogens is 3. The quantitative estimate of drug-likeness (QED) is 0.581. The van der Waals surface area contributed by atoms with E-state index in [0.717, 1.165) is 18.9 Å². The fraction of sp³-hybridized carbons (Fsp3) is 0.652. The monoisotopic (exact) mass is 487 g/mol. The van der Waals surface area contributed by atoms with Crippen molar-refractivity contribution in [2.24, 2.45) is 5.92 Å². The fourth-order valence-electron chi connectivity index (χ4n) is 4.82. The number of rotatable bonds is 7. The molecule has 2 unspecified atom stereocenters. The maximum atomic E-state index is 14.4. The van der Waals surface area contributed by atoms with Crippen molar-refractivity contribution in [3.05, 3.63) is 35.1 Å². The van der Waals surface area contributed by atoms with Crippen molar-refractivity contribution in [1.29, 1.82) is 0 Å². The summed E-state index contributed by atoms with van der Waals surface area (Å²) in [6, 6.07) is 0.893. The molecule has 0 aliphatic carbocycles. The van der Waals surface area contributed by atoms with Crippen LogP contribution >= 0.6 is 0 Å². The Bertz CT molecular complexity index is 924. The van der Waals surface area contributed by atoms with E-state index in [4.69, 9.17) is 0 Å². The molecule has 5 atom stereocenters. The minimum atomic E-state index is -1.46. The Hall–Kier alpha value is -1.94. The summed E-state index contributed by atoms with van der Waals surface area (Å²) >= 11 is 0. The molecule has 0 spiro atoms. The Morgan fingerprint density at radius 2 is 1.67 bits per heavy atom. The molecule has 2 aliphatic rings. The molecule has 33 heavy (non-hydrogen) atoms. The van der Waals surface area contributed by atoms with Gasteiger partial charge in [0, 0.05) is 31.1 Å². The maximum Gasteiger partial charge on any atom is 0.242 e. The molecule has 184 valence electrons. The van der Waals surface area contributed by atoms with Gasteiger partial charge in [-0.25, -0.2) is 22.1 Å². The van der Waals surface area contributed by atoms with E-state index in [1.54, 1.807) is 0 Å². The van der Waals surface area contributed by atoms with Crippen molar-refractivity contribution in [2.75, 3.05) is 6.54 Å². The lowest BCUT2D eigenvalue weighted by atomic mass is 9.82. The highest BCUT2D eigenvalue weighted by atomic mass is 32.2. The first-order chi connectivity index (χ1) is 15.4. The highest BCUT2D eigenvalue weighted by Gasteiger charge is 2.45. The van der Waals surface area contributed by atoms with Crippen LogP contribution < -0.4 is 10.0 Å². The van der Waals surface area contributed by atoms with Gasteiger partial charge in [-0.1, -0.05) is 0 Å². The van der Waals surface area contributed by atoms with Crippen LogP contribution in [0.15, 0.2) is 12.1 Å². The van der Waals surface area contributed by atoms with Crippen molar-refractivity contribution in [1.82, 2.24) is 14.9 Å². The van der Waals surface area contributed by atoms with E-state index in [1.807, 2.05) is 25.7 Å². The molecular weight excluding hydrogens is 455 g/mol. The zero-order valence-electron chi connectivity index (χ0n) is 19.4. The molecule has 1 aromatic rings. The van der Waals surface area contributed by atoms with Gasteiger partial charge in [0.05, 0.1) is 22.3 Å². The summed E-state index contributed by atoms with van der Waals surface area (Å²) in [4.78, 5) is 25.7.